The fraction of sp³-hybridized carbons (Fsp3) is 0.357. The van der Waals surface area contributed by atoms with Crippen molar-refractivity contribution in [2.24, 2.45) is 5.92 Å². The molecule has 0 unspecified atom stereocenters. The van der Waals surface area contributed by atoms with Crippen LogP contribution in [0.3, 0.4) is 0 Å². The summed E-state index contributed by atoms with van der Waals surface area (Å²) in [4.78, 5) is 24.3. The van der Waals surface area contributed by atoms with E-state index in [4.69, 9.17) is 24.1 Å². The molecule has 0 bridgehead atoms. The van der Waals surface area contributed by atoms with Gasteiger partial charge >= 0.3 is 12.1 Å². The standard InChI is InChI=1S/C28H35NO7/c1-5-34-26(31)19-20(2)7-6-8-21(3)27(22-9-13-25(14-10-22)35-18-17-30)36-28(32)29-23-11-15-24(33-4)16-12-23/h6-7,9-16,19,21,27,30H,5,8,17-18H2,1-4H3,(H,29,32)/b7-6+,20-19+/t21-,27+/m1/s1. The maximum atomic E-state index is 12.7. The number of hydrogen-bond acceptors (Lipinski definition) is 7. The number of amides is 1. The fourth-order valence-electron chi connectivity index (χ4n) is 3.38. The number of carbonyl (C=O) groups is 2. The van der Waals surface area contributed by atoms with Crippen LogP contribution >= 0.6 is 0 Å². The van der Waals surface area contributed by atoms with Gasteiger partial charge in [-0.25, -0.2) is 9.59 Å². The zero-order valence-electron chi connectivity index (χ0n) is 21.2. The molecule has 0 aliphatic carbocycles. The summed E-state index contributed by atoms with van der Waals surface area (Å²) in [6.45, 7) is 6.01. The minimum Gasteiger partial charge on any atom is -0.497 e. The van der Waals surface area contributed by atoms with Crippen molar-refractivity contribution in [3.63, 3.8) is 0 Å². The van der Waals surface area contributed by atoms with Crippen LogP contribution in [-0.2, 0) is 14.3 Å². The molecular weight excluding hydrogens is 462 g/mol. The first-order valence-electron chi connectivity index (χ1n) is 11.8. The van der Waals surface area contributed by atoms with Crippen molar-refractivity contribution in [2.75, 3.05) is 32.2 Å². The summed E-state index contributed by atoms with van der Waals surface area (Å²) in [6, 6.07) is 14.2. The highest BCUT2D eigenvalue weighted by Crippen LogP contribution is 2.31. The molecule has 8 nitrogen and oxygen atoms in total. The second-order valence-electron chi connectivity index (χ2n) is 8.08. The molecule has 2 N–H and O–H groups in total. The molecule has 0 fully saturated rings. The Balaban J connectivity index is 2.14. The van der Waals surface area contributed by atoms with E-state index in [1.54, 1.807) is 50.4 Å². The highest BCUT2D eigenvalue weighted by Gasteiger charge is 2.23. The number of anilines is 1. The van der Waals surface area contributed by atoms with Crippen LogP contribution in [0.4, 0.5) is 10.5 Å². The lowest BCUT2D eigenvalue weighted by Gasteiger charge is -2.24. The molecule has 0 saturated carbocycles. The Bertz CT molecular complexity index is 1010. The van der Waals surface area contributed by atoms with E-state index in [-0.39, 0.29) is 25.1 Å². The number of allylic oxidation sites excluding steroid dienone is 3. The average molecular weight is 498 g/mol. The number of methoxy groups -OCH3 is 1. The molecule has 8 heteroatoms. The van der Waals surface area contributed by atoms with E-state index in [2.05, 4.69) is 5.32 Å². The minimum atomic E-state index is -0.583. The Morgan fingerprint density at radius 2 is 1.72 bits per heavy atom. The predicted octanol–water partition coefficient (Wildman–Crippen LogP) is 5.45. The molecule has 0 spiro atoms. The second-order valence-corrected chi connectivity index (χ2v) is 8.08. The van der Waals surface area contributed by atoms with E-state index < -0.39 is 12.2 Å². The summed E-state index contributed by atoms with van der Waals surface area (Å²) in [5, 5.41) is 11.7. The van der Waals surface area contributed by atoms with Gasteiger partial charge in [-0.05, 0) is 67.8 Å². The first-order valence-corrected chi connectivity index (χ1v) is 11.8. The molecular formula is C28H35NO7. The number of aliphatic hydroxyl groups is 1. The van der Waals surface area contributed by atoms with Crippen molar-refractivity contribution in [1.29, 1.82) is 0 Å². The van der Waals surface area contributed by atoms with Gasteiger partial charge < -0.3 is 24.1 Å². The Hall–Kier alpha value is -3.78. The van der Waals surface area contributed by atoms with Crippen LogP contribution in [0.25, 0.3) is 0 Å². The van der Waals surface area contributed by atoms with Crippen LogP contribution < -0.4 is 14.8 Å². The predicted molar refractivity (Wildman–Crippen MR) is 138 cm³/mol. The molecule has 36 heavy (non-hydrogen) atoms. The van der Waals surface area contributed by atoms with Crippen LogP contribution in [-0.4, -0.2) is 44.1 Å². The van der Waals surface area contributed by atoms with Crippen molar-refractivity contribution in [2.45, 2.75) is 33.3 Å². The summed E-state index contributed by atoms with van der Waals surface area (Å²) >= 11 is 0. The Labute approximate surface area is 212 Å². The smallest absolute Gasteiger partial charge is 0.412 e. The fourth-order valence-corrected chi connectivity index (χ4v) is 3.38. The summed E-state index contributed by atoms with van der Waals surface area (Å²) in [7, 11) is 1.57. The molecule has 0 heterocycles. The van der Waals surface area contributed by atoms with Gasteiger partial charge in [-0.2, -0.15) is 0 Å². The molecule has 0 aromatic heterocycles. The van der Waals surface area contributed by atoms with Gasteiger partial charge in [0.15, 0.2) is 0 Å². The van der Waals surface area contributed by atoms with Crippen molar-refractivity contribution < 1.29 is 33.6 Å². The number of esters is 1. The zero-order valence-corrected chi connectivity index (χ0v) is 21.2. The van der Waals surface area contributed by atoms with Gasteiger partial charge in [0.05, 0.1) is 20.3 Å². The molecule has 194 valence electrons. The lowest BCUT2D eigenvalue weighted by Crippen LogP contribution is -2.21. The third-order valence-corrected chi connectivity index (χ3v) is 5.18. The van der Waals surface area contributed by atoms with Gasteiger partial charge in [-0.15, -0.1) is 0 Å². The van der Waals surface area contributed by atoms with Crippen LogP contribution in [0.1, 0.15) is 38.9 Å². The topological polar surface area (TPSA) is 103 Å². The molecule has 1 amide bonds. The van der Waals surface area contributed by atoms with Crippen molar-refractivity contribution in [1.82, 2.24) is 0 Å². The number of benzene rings is 2. The second kappa shape index (κ2) is 15.3. The van der Waals surface area contributed by atoms with E-state index in [0.29, 0.717) is 30.2 Å². The number of rotatable bonds is 13. The van der Waals surface area contributed by atoms with Crippen molar-refractivity contribution >= 4 is 17.7 Å². The third kappa shape index (κ3) is 9.84. The maximum absolute atomic E-state index is 12.7. The first kappa shape index (κ1) is 28.5. The van der Waals surface area contributed by atoms with Crippen molar-refractivity contribution in [3.8, 4) is 11.5 Å². The van der Waals surface area contributed by atoms with Gasteiger partial charge in [0.2, 0.25) is 0 Å². The van der Waals surface area contributed by atoms with Crippen LogP contribution in [0.15, 0.2) is 72.3 Å². The molecule has 2 aromatic rings. The molecule has 0 aliphatic rings. The third-order valence-electron chi connectivity index (χ3n) is 5.18. The lowest BCUT2D eigenvalue weighted by atomic mass is 9.94. The summed E-state index contributed by atoms with van der Waals surface area (Å²) in [5.74, 6) is 0.833. The molecule has 2 atom stereocenters. The summed E-state index contributed by atoms with van der Waals surface area (Å²) in [6.07, 6.45) is 4.68. The number of aliphatic hydroxyl groups excluding tert-OH is 1. The van der Waals surface area contributed by atoms with E-state index in [1.165, 1.54) is 6.08 Å². The first-order chi connectivity index (χ1) is 17.4. The van der Waals surface area contributed by atoms with Gasteiger partial charge in [-0.3, -0.25) is 5.32 Å². The monoisotopic (exact) mass is 497 g/mol. The molecule has 0 radical (unpaired) electrons. The Morgan fingerprint density at radius 1 is 1.06 bits per heavy atom. The molecule has 2 rings (SSSR count). The average Bonchev–Trinajstić information content (AvgIpc) is 2.87. The lowest BCUT2D eigenvalue weighted by molar-refractivity contribution is -0.137. The van der Waals surface area contributed by atoms with E-state index >= 15 is 0 Å². The molecule has 2 aromatic carbocycles. The number of carbonyl (C=O) groups excluding carboxylic acids is 2. The largest absolute Gasteiger partial charge is 0.497 e. The molecule has 0 saturated heterocycles. The van der Waals surface area contributed by atoms with Gasteiger partial charge in [-0.1, -0.05) is 31.2 Å². The van der Waals surface area contributed by atoms with Crippen molar-refractivity contribution in [3.05, 3.63) is 77.9 Å². The van der Waals surface area contributed by atoms with E-state index in [0.717, 1.165) is 11.1 Å². The zero-order chi connectivity index (χ0) is 26.3. The minimum absolute atomic E-state index is 0.0770. The normalized spacial score (nSPS) is 13.1. The van der Waals surface area contributed by atoms with E-state index in [9.17, 15) is 9.59 Å². The highest BCUT2D eigenvalue weighted by molar-refractivity contribution is 5.85. The van der Waals surface area contributed by atoms with Gasteiger partial charge in [0.1, 0.15) is 24.2 Å². The highest BCUT2D eigenvalue weighted by atomic mass is 16.6. The summed E-state index contributed by atoms with van der Waals surface area (Å²) in [5.41, 5.74) is 2.15. The van der Waals surface area contributed by atoms with Crippen LogP contribution in [0, 0.1) is 5.92 Å². The quantitative estimate of drug-likeness (QED) is 0.215. The van der Waals surface area contributed by atoms with Crippen LogP contribution in [0.5, 0.6) is 11.5 Å². The SMILES string of the molecule is CCOC(=O)/C=C(C)/C=C/C[C@@H](C)[C@H](OC(=O)Nc1ccc(OC)cc1)c1ccc(OCCO)cc1. The van der Waals surface area contributed by atoms with E-state index in [1.807, 2.05) is 38.1 Å². The number of ether oxygens (including phenoxy) is 4. The van der Waals surface area contributed by atoms with Gasteiger partial charge in [0.25, 0.3) is 0 Å². The maximum Gasteiger partial charge on any atom is 0.412 e. The molecule has 0 aliphatic heterocycles. The van der Waals surface area contributed by atoms with Gasteiger partial charge in [0, 0.05) is 17.7 Å². The summed E-state index contributed by atoms with van der Waals surface area (Å²) < 4.78 is 21.4. The number of hydrogen-bond donors (Lipinski definition) is 2. The Morgan fingerprint density at radius 3 is 2.33 bits per heavy atom. The Kier molecular flexibility index (Phi) is 12.1. The van der Waals surface area contributed by atoms with Crippen LogP contribution in [0.2, 0.25) is 0 Å². The number of nitrogens with one attached hydrogen (secondary N) is 1.